The number of hydroxylamine groups is 1. The quantitative estimate of drug-likeness (QED) is 0.627. The van der Waals surface area contributed by atoms with Gasteiger partial charge < -0.3 is 10.2 Å². The van der Waals surface area contributed by atoms with E-state index < -0.39 is 10.0 Å². The molecule has 2 aromatic rings. The van der Waals surface area contributed by atoms with Crippen LogP contribution in [0, 0.1) is 0 Å². The summed E-state index contributed by atoms with van der Waals surface area (Å²) in [6.07, 6.45) is 2.62. The van der Waals surface area contributed by atoms with E-state index in [4.69, 9.17) is 4.84 Å². The van der Waals surface area contributed by atoms with Crippen molar-refractivity contribution in [1.82, 2.24) is 9.79 Å². The van der Waals surface area contributed by atoms with E-state index in [2.05, 4.69) is 17.4 Å². The zero-order valence-electron chi connectivity index (χ0n) is 16.8. The SMILES string of the molecule is CON(C)S(=O)(=O)c1cccc(C(=O)NCc2ccc(C[NH+]3CCCC3)cc2)c1. The average Bonchev–Trinajstić information content (AvgIpc) is 3.25. The molecule has 0 saturated carbocycles. The molecular weight excluding hydrogens is 390 g/mol. The van der Waals surface area contributed by atoms with Crippen molar-refractivity contribution >= 4 is 15.9 Å². The summed E-state index contributed by atoms with van der Waals surface area (Å²) in [5, 5.41) is 2.85. The molecule has 0 aliphatic carbocycles. The molecule has 0 bridgehead atoms. The van der Waals surface area contributed by atoms with Gasteiger partial charge in [0.15, 0.2) is 0 Å². The van der Waals surface area contributed by atoms with E-state index in [0.717, 1.165) is 16.6 Å². The second-order valence-corrected chi connectivity index (χ2v) is 9.19. The maximum Gasteiger partial charge on any atom is 0.264 e. The van der Waals surface area contributed by atoms with E-state index in [1.165, 1.54) is 57.8 Å². The highest BCUT2D eigenvalue weighted by Gasteiger charge is 2.22. The van der Waals surface area contributed by atoms with Crippen molar-refractivity contribution < 1.29 is 22.9 Å². The zero-order valence-corrected chi connectivity index (χ0v) is 17.7. The molecule has 1 saturated heterocycles. The van der Waals surface area contributed by atoms with Gasteiger partial charge >= 0.3 is 0 Å². The molecule has 7 nitrogen and oxygen atoms in total. The molecule has 29 heavy (non-hydrogen) atoms. The van der Waals surface area contributed by atoms with Crippen LogP contribution in [0.1, 0.15) is 34.3 Å². The molecule has 0 aromatic heterocycles. The van der Waals surface area contributed by atoms with Gasteiger partial charge in [-0.3, -0.25) is 9.63 Å². The number of hydrogen-bond acceptors (Lipinski definition) is 4. The highest BCUT2D eigenvalue weighted by molar-refractivity contribution is 7.89. The van der Waals surface area contributed by atoms with Gasteiger partial charge in [-0.2, -0.15) is 0 Å². The molecule has 1 fully saturated rings. The molecule has 0 atom stereocenters. The molecule has 3 rings (SSSR count). The molecule has 8 heteroatoms. The lowest BCUT2D eigenvalue weighted by Gasteiger charge is -2.14. The number of amides is 1. The van der Waals surface area contributed by atoms with Gasteiger partial charge in [-0.05, 0) is 23.8 Å². The Morgan fingerprint density at radius 3 is 2.41 bits per heavy atom. The van der Waals surface area contributed by atoms with Gasteiger partial charge in [0.1, 0.15) is 6.54 Å². The number of benzene rings is 2. The minimum absolute atomic E-state index is 0.00302. The second-order valence-electron chi connectivity index (χ2n) is 7.26. The maximum absolute atomic E-state index is 12.5. The summed E-state index contributed by atoms with van der Waals surface area (Å²) in [6.45, 7) is 3.91. The molecule has 2 N–H and O–H groups in total. The van der Waals surface area contributed by atoms with Gasteiger partial charge in [-0.1, -0.05) is 34.8 Å². The number of hydrogen-bond donors (Lipinski definition) is 2. The Morgan fingerprint density at radius 1 is 1.10 bits per heavy atom. The summed E-state index contributed by atoms with van der Waals surface area (Å²) < 4.78 is 25.4. The predicted octanol–water partition coefficient (Wildman–Crippen LogP) is 0.977. The van der Waals surface area contributed by atoms with Crippen LogP contribution in [0.15, 0.2) is 53.4 Å². The molecule has 0 unspecified atom stereocenters. The molecule has 1 aliphatic rings. The number of quaternary nitrogens is 1. The van der Waals surface area contributed by atoms with Gasteiger partial charge in [0.2, 0.25) is 0 Å². The Hall–Kier alpha value is -2.26. The van der Waals surface area contributed by atoms with Gasteiger partial charge in [-0.15, -0.1) is 0 Å². The van der Waals surface area contributed by atoms with Crippen molar-refractivity contribution in [3.8, 4) is 0 Å². The smallest absolute Gasteiger partial charge is 0.264 e. The standard InChI is InChI=1S/C21H27N3O4S/c1-23(28-2)29(26,27)20-7-5-6-19(14-20)21(25)22-15-17-8-10-18(11-9-17)16-24-12-3-4-13-24/h5-11,14H,3-4,12-13,15-16H2,1-2H3,(H,22,25)/p+1. The Bertz CT molecular complexity index is 939. The van der Waals surface area contributed by atoms with E-state index in [1.807, 2.05) is 12.1 Å². The van der Waals surface area contributed by atoms with Crippen LogP contribution in [0.4, 0.5) is 0 Å². The molecule has 1 heterocycles. The monoisotopic (exact) mass is 418 g/mol. The summed E-state index contributed by atoms with van der Waals surface area (Å²) >= 11 is 0. The van der Waals surface area contributed by atoms with Crippen LogP contribution in [0.3, 0.4) is 0 Å². The zero-order chi connectivity index (χ0) is 20.9. The summed E-state index contributed by atoms with van der Waals surface area (Å²) in [5.74, 6) is -0.326. The predicted molar refractivity (Wildman–Crippen MR) is 110 cm³/mol. The number of carbonyl (C=O) groups is 1. The minimum Gasteiger partial charge on any atom is -0.348 e. The lowest BCUT2D eigenvalue weighted by Crippen LogP contribution is -3.08. The highest BCUT2D eigenvalue weighted by Crippen LogP contribution is 2.16. The van der Waals surface area contributed by atoms with Crippen molar-refractivity contribution in [1.29, 1.82) is 0 Å². The third-order valence-corrected chi connectivity index (χ3v) is 6.91. The van der Waals surface area contributed by atoms with Crippen LogP contribution < -0.4 is 10.2 Å². The fourth-order valence-electron chi connectivity index (χ4n) is 3.44. The van der Waals surface area contributed by atoms with Crippen LogP contribution in [0.25, 0.3) is 0 Å². The number of rotatable bonds is 8. The van der Waals surface area contributed by atoms with E-state index in [0.29, 0.717) is 6.54 Å². The number of likely N-dealkylation sites (tertiary alicyclic amines) is 1. The van der Waals surface area contributed by atoms with Crippen LogP contribution >= 0.6 is 0 Å². The fraction of sp³-hybridized carbons (Fsp3) is 0.381. The molecular formula is C21H28N3O4S+. The topological polar surface area (TPSA) is 80.1 Å². The summed E-state index contributed by atoms with van der Waals surface area (Å²) in [4.78, 5) is 18.9. The van der Waals surface area contributed by atoms with Crippen molar-refractivity contribution in [2.45, 2.75) is 30.8 Å². The van der Waals surface area contributed by atoms with Crippen molar-refractivity contribution in [2.24, 2.45) is 0 Å². The lowest BCUT2D eigenvalue weighted by atomic mass is 10.1. The Kier molecular flexibility index (Phi) is 7.02. The number of sulfonamides is 1. The summed E-state index contributed by atoms with van der Waals surface area (Å²) in [7, 11) is -1.23. The van der Waals surface area contributed by atoms with Crippen LogP contribution in [-0.2, 0) is 28.0 Å². The third-order valence-electron chi connectivity index (χ3n) is 5.23. The van der Waals surface area contributed by atoms with Crippen LogP contribution in [-0.4, -0.2) is 46.0 Å². The Balaban J connectivity index is 1.60. The first kappa shape index (κ1) is 21.4. The molecule has 1 aliphatic heterocycles. The highest BCUT2D eigenvalue weighted by atomic mass is 32.2. The third kappa shape index (κ3) is 5.42. The van der Waals surface area contributed by atoms with E-state index in [1.54, 1.807) is 17.0 Å². The maximum atomic E-state index is 12.5. The Morgan fingerprint density at radius 2 is 1.76 bits per heavy atom. The van der Waals surface area contributed by atoms with E-state index >= 15 is 0 Å². The van der Waals surface area contributed by atoms with E-state index in [9.17, 15) is 13.2 Å². The first-order valence-electron chi connectivity index (χ1n) is 9.73. The average molecular weight is 419 g/mol. The van der Waals surface area contributed by atoms with Gasteiger partial charge in [0.25, 0.3) is 15.9 Å². The van der Waals surface area contributed by atoms with Crippen molar-refractivity contribution in [3.63, 3.8) is 0 Å². The first-order chi connectivity index (χ1) is 13.9. The molecule has 1 amide bonds. The minimum atomic E-state index is -3.80. The largest absolute Gasteiger partial charge is 0.348 e. The molecule has 2 aromatic carbocycles. The van der Waals surface area contributed by atoms with Crippen LogP contribution in [0.2, 0.25) is 0 Å². The molecule has 0 spiro atoms. The van der Waals surface area contributed by atoms with Crippen molar-refractivity contribution in [2.75, 3.05) is 27.2 Å². The van der Waals surface area contributed by atoms with Crippen molar-refractivity contribution in [3.05, 3.63) is 65.2 Å². The fourth-order valence-corrected chi connectivity index (χ4v) is 4.46. The lowest BCUT2D eigenvalue weighted by molar-refractivity contribution is -0.901. The summed E-state index contributed by atoms with van der Waals surface area (Å²) in [6, 6.07) is 14.2. The summed E-state index contributed by atoms with van der Waals surface area (Å²) in [5.41, 5.74) is 2.59. The molecule has 156 valence electrons. The Labute approximate surface area is 172 Å². The first-order valence-corrected chi connectivity index (χ1v) is 11.2. The van der Waals surface area contributed by atoms with Gasteiger partial charge in [0, 0.05) is 37.6 Å². The second kappa shape index (κ2) is 9.49. The van der Waals surface area contributed by atoms with Gasteiger partial charge in [-0.25, -0.2) is 8.42 Å². The normalized spacial score (nSPS) is 15.0. The number of carbonyl (C=O) groups excluding carboxylic acids is 1. The van der Waals surface area contributed by atoms with Crippen LogP contribution in [0.5, 0.6) is 0 Å². The van der Waals surface area contributed by atoms with Gasteiger partial charge in [0.05, 0.1) is 25.1 Å². The molecule has 0 radical (unpaired) electrons. The number of nitrogens with zero attached hydrogens (tertiary/aromatic N) is 1. The number of nitrogens with one attached hydrogen (secondary N) is 2. The van der Waals surface area contributed by atoms with E-state index in [-0.39, 0.29) is 16.4 Å².